The number of rotatable bonds is 5. The molecule has 0 atom stereocenters. The largest absolute Gasteiger partial charge is 0.493 e. The van der Waals surface area contributed by atoms with Crippen molar-refractivity contribution in [2.45, 2.75) is 39.1 Å². The number of nitrogens with zero attached hydrogens (tertiary/aromatic N) is 3. The van der Waals surface area contributed by atoms with Gasteiger partial charge < -0.3 is 9.47 Å². The summed E-state index contributed by atoms with van der Waals surface area (Å²) in [5, 5.41) is 0. The lowest BCUT2D eigenvalue weighted by atomic mass is 10.2. The molecule has 2 rings (SSSR count). The summed E-state index contributed by atoms with van der Waals surface area (Å²) >= 11 is 0. The first-order valence-corrected chi connectivity index (χ1v) is 8.46. The summed E-state index contributed by atoms with van der Waals surface area (Å²) in [6.07, 6.45) is -2.53. The van der Waals surface area contributed by atoms with Crippen molar-refractivity contribution in [2.75, 3.05) is 12.0 Å². The zero-order chi connectivity index (χ0) is 21.8. The van der Waals surface area contributed by atoms with E-state index in [1.165, 1.54) is 25.4 Å². The minimum atomic E-state index is -4.57. The number of carbonyl (C=O) groups excluding carboxylic acids is 2. The van der Waals surface area contributed by atoms with Gasteiger partial charge in [-0.05, 0) is 38.5 Å². The van der Waals surface area contributed by atoms with Crippen LogP contribution in [0.1, 0.15) is 42.4 Å². The van der Waals surface area contributed by atoms with Gasteiger partial charge in [-0.25, -0.2) is 9.78 Å². The second-order valence-electron chi connectivity index (χ2n) is 7.03. The maximum absolute atomic E-state index is 12.8. The molecule has 29 heavy (non-hydrogen) atoms. The number of halogens is 3. The number of carbonyl (C=O) groups is 2. The van der Waals surface area contributed by atoms with Crippen molar-refractivity contribution in [3.05, 3.63) is 47.4 Å². The molecule has 0 aliphatic heterocycles. The van der Waals surface area contributed by atoms with Crippen LogP contribution in [-0.4, -0.2) is 35.1 Å². The minimum absolute atomic E-state index is 0.0484. The summed E-state index contributed by atoms with van der Waals surface area (Å²) in [5.41, 5.74) is -1.34. The second kappa shape index (κ2) is 8.46. The average molecular weight is 411 g/mol. The number of hydrogen-bond donors (Lipinski definition) is 0. The smallest absolute Gasteiger partial charge is 0.433 e. The number of anilines is 1. The van der Waals surface area contributed by atoms with E-state index in [0.29, 0.717) is 11.8 Å². The maximum atomic E-state index is 12.8. The van der Waals surface area contributed by atoms with Crippen LogP contribution in [0.5, 0.6) is 5.75 Å². The zero-order valence-electron chi connectivity index (χ0n) is 16.3. The molecule has 0 aliphatic carbocycles. The number of alkyl halides is 3. The van der Waals surface area contributed by atoms with Crippen molar-refractivity contribution in [1.82, 2.24) is 9.97 Å². The summed E-state index contributed by atoms with van der Waals surface area (Å²) in [5.74, 6) is 0.174. The van der Waals surface area contributed by atoms with Crippen LogP contribution in [0.4, 0.5) is 23.8 Å². The molecule has 2 aromatic heterocycles. The predicted molar refractivity (Wildman–Crippen MR) is 97.8 cm³/mol. The highest BCUT2D eigenvalue weighted by Crippen LogP contribution is 2.30. The van der Waals surface area contributed by atoms with E-state index in [0.717, 1.165) is 17.2 Å². The molecule has 2 aromatic rings. The molecule has 156 valence electrons. The Kier molecular flexibility index (Phi) is 6.45. The van der Waals surface area contributed by atoms with Gasteiger partial charge in [0.1, 0.15) is 11.3 Å². The van der Waals surface area contributed by atoms with Crippen LogP contribution in [0.3, 0.4) is 0 Å². The van der Waals surface area contributed by atoms with Gasteiger partial charge in [0.15, 0.2) is 17.9 Å². The molecule has 0 aliphatic rings. The molecule has 0 aromatic carbocycles. The van der Waals surface area contributed by atoms with E-state index in [2.05, 4.69) is 9.97 Å². The Morgan fingerprint density at radius 3 is 2.34 bits per heavy atom. The lowest BCUT2D eigenvalue weighted by Crippen LogP contribution is -2.37. The fourth-order valence-electron chi connectivity index (χ4n) is 2.28. The summed E-state index contributed by atoms with van der Waals surface area (Å²) in [4.78, 5) is 32.3. The molecule has 0 saturated carbocycles. The van der Waals surface area contributed by atoms with Crippen LogP contribution >= 0.6 is 0 Å². The lowest BCUT2D eigenvalue weighted by molar-refractivity contribution is -0.141. The first kappa shape index (κ1) is 22.1. The summed E-state index contributed by atoms with van der Waals surface area (Å²) in [7, 11) is 1.34. The lowest BCUT2D eigenvalue weighted by Gasteiger charge is -2.27. The van der Waals surface area contributed by atoms with Crippen LogP contribution in [0, 0.1) is 0 Å². The monoisotopic (exact) mass is 411 g/mol. The van der Waals surface area contributed by atoms with Crippen molar-refractivity contribution < 1.29 is 32.2 Å². The molecule has 2 heterocycles. The fraction of sp³-hybridized carbons (Fsp3) is 0.368. The van der Waals surface area contributed by atoms with Gasteiger partial charge in [-0.2, -0.15) is 13.2 Å². The average Bonchev–Trinajstić information content (AvgIpc) is 2.64. The standard InChI is InChI=1S/C19H20F3N3O4/c1-18(2,3)29-17(27)25(16-14(28-4)7-13(11-26)9-24-16)10-12-5-6-15(23-8-12)19(20,21)22/h5-9,11H,10H2,1-4H3. The van der Waals surface area contributed by atoms with Gasteiger partial charge in [0, 0.05) is 18.0 Å². The van der Waals surface area contributed by atoms with Gasteiger partial charge in [0.05, 0.1) is 13.7 Å². The number of methoxy groups -OCH3 is 1. The Balaban J connectivity index is 2.43. The second-order valence-corrected chi connectivity index (χ2v) is 7.03. The van der Waals surface area contributed by atoms with Crippen molar-refractivity contribution in [3.63, 3.8) is 0 Å². The molecule has 1 amide bonds. The third kappa shape index (κ3) is 5.90. The molecule has 10 heteroatoms. The van der Waals surface area contributed by atoms with E-state index < -0.39 is 23.6 Å². The molecular weight excluding hydrogens is 391 g/mol. The van der Waals surface area contributed by atoms with E-state index in [4.69, 9.17) is 9.47 Å². The third-order valence-electron chi connectivity index (χ3n) is 3.54. The fourth-order valence-corrected chi connectivity index (χ4v) is 2.28. The van der Waals surface area contributed by atoms with Gasteiger partial charge in [-0.1, -0.05) is 6.07 Å². The summed E-state index contributed by atoms with van der Waals surface area (Å²) in [6.45, 7) is 4.83. The highest BCUT2D eigenvalue weighted by Gasteiger charge is 2.32. The molecule has 0 unspecified atom stereocenters. The number of aromatic nitrogens is 2. The van der Waals surface area contributed by atoms with E-state index in [9.17, 15) is 22.8 Å². The van der Waals surface area contributed by atoms with E-state index in [-0.39, 0.29) is 23.7 Å². The first-order valence-electron chi connectivity index (χ1n) is 8.46. The topological polar surface area (TPSA) is 81.6 Å². The van der Waals surface area contributed by atoms with Crippen molar-refractivity contribution in [2.24, 2.45) is 0 Å². The quantitative estimate of drug-likeness (QED) is 0.684. The molecule has 0 spiro atoms. The van der Waals surface area contributed by atoms with Gasteiger partial charge in [-0.15, -0.1) is 0 Å². The first-order chi connectivity index (χ1) is 13.4. The zero-order valence-corrected chi connectivity index (χ0v) is 16.3. The molecule has 0 radical (unpaired) electrons. The maximum Gasteiger partial charge on any atom is 0.433 e. The van der Waals surface area contributed by atoms with Gasteiger partial charge in [-0.3, -0.25) is 14.7 Å². The number of hydrogen-bond acceptors (Lipinski definition) is 6. The Hall–Kier alpha value is -3.17. The molecular formula is C19H20F3N3O4. The molecule has 0 saturated heterocycles. The molecule has 0 fully saturated rings. The minimum Gasteiger partial charge on any atom is -0.493 e. The Morgan fingerprint density at radius 1 is 1.17 bits per heavy atom. The van der Waals surface area contributed by atoms with Gasteiger partial charge in [0.2, 0.25) is 0 Å². The van der Waals surface area contributed by atoms with Crippen LogP contribution in [0.25, 0.3) is 0 Å². The SMILES string of the molecule is COc1cc(C=O)cnc1N(Cc1ccc(C(F)(F)F)nc1)C(=O)OC(C)(C)C. The molecule has 7 nitrogen and oxygen atoms in total. The Bertz CT molecular complexity index is 878. The van der Waals surface area contributed by atoms with Crippen molar-refractivity contribution in [3.8, 4) is 5.75 Å². The Morgan fingerprint density at radius 2 is 1.86 bits per heavy atom. The van der Waals surface area contributed by atoms with Crippen LogP contribution < -0.4 is 9.64 Å². The highest BCUT2D eigenvalue weighted by atomic mass is 19.4. The van der Waals surface area contributed by atoms with E-state index in [1.807, 2.05) is 0 Å². The summed E-state index contributed by atoms with van der Waals surface area (Å²) in [6, 6.07) is 3.42. The predicted octanol–water partition coefficient (Wildman–Crippen LogP) is 4.26. The van der Waals surface area contributed by atoms with Crippen molar-refractivity contribution in [1.29, 1.82) is 0 Å². The molecule has 0 bridgehead atoms. The van der Waals surface area contributed by atoms with Gasteiger partial charge in [0.25, 0.3) is 0 Å². The number of amides is 1. The number of aldehydes is 1. The van der Waals surface area contributed by atoms with E-state index >= 15 is 0 Å². The molecule has 0 N–H and O–H groups in total. The van der Waals surface area contributed by atoms with Crippen LogP contribution in [0.2, 0.25) is 0 Å². The number of pyridine rings is 2. The number of ether oxygens (including phenoxy) is 2. The van der Waals surface area contributed by atoms with E-state index in [1.54, 1.807) is 20.8 Å². The third-order valence-corrected chi connectivity index (χ3v) is 3.54. The van der Waals surface area contributed by atoms with Crippen LogP contribution in [-0.2, 0) is 17.5 Å². The van der Waals surface area contributed by atoms with Gasteiger partial charge >= 0.3 is 12.3 Å². The highest BCUT2D eigenvalue weighted by molar-refractivity contribution is 5.89. The normalized spacial score (nSPS) is 11.7. The van der Waals surface area contributed by atoms with Crippen molar-refractivity contribution >= 4 is 18.2 Å². The Labute approximate surface area is 165 Å². The van der Waals surface area contributed by atoms with Crippen LogP contribution in [0.15, 0.2) is 30.6 Å². The summed E-state index contributed by atoms with van der Waals surface area (Å²) < 4.78 is 48.8.